The van der Waals surface area contributed by atoms with Crippen molar-refractivity contribution in [3.63, 3.8) is 0 Å². The van der Waals surface area contributed by atoms with Crippen molar-refractivity contribution in [2.75, 3.05) is 33.8 Å². The molecule has 1 unspecified atom stereocenters. The number of amides is 1. The first kappa shape index (κ1) is 18.9. The fraction of sp³-hybridized carbons (Fsp3) is 0.476. The lowest BCUT2D eigenvalue weighted by molar-refractivity contribution is -0.134. The third-order valence-electron chi connectivity index (χ3n) is 5.12. The minimum atomic E-state index is 0.230. The molecule has 0 saturated carbocycles. The van der Waals surface area contributed by atoms with Crippen molar-refractivity contribution in [3.05, 3.63) is 52.2 Å². The molecule has 1 aliphatic heterocycles. The molecule has 0 aliphatic carbocycles. The Hall–Kier alpha value is -1.85. The molecule has 1 saturated heterocycles. The van der Waals surface area contributed by atoms with Gasteiger partial charge in [0.1, 0.15) is 5.75 Å². The Bertz CT molecular complexity index is 702. The largest absolute Gasteiger partial charge is 0.497 e. The number of likely N-dealkylation sites (N-methyl/N-ethyl adjacent to an activating group) is 1. The molecule has 0 bridgehead atoms. The zero-order valence-electron chi connectivity index (χ0n) is 15.7. The van der Waals surface area contributed by atoms with E-state index in [-0.39, 0.29) is 11.9 Å². The molecule has 1 aliphatic rings. The maximum Gasteiger partial charge on any atom is 0.222 e. The highest BCUT2D eigenvalue weighted by atomic mass is 32.1. The average molecular weight is 373 g/mol. The Morgan fingerprint density at radius 3 is 2.88 bits per heavy atom. The fourth-order valence-electron chi connectivity index (χ4n) is 3.50. The molecule has 3 rings (SSSR count). The van der Waals surface area contributed by atoms with Gasteiger partial charge in [0.2, 0.25) is 5.91 Å². The summed E-state index contributed by atoms with van der Waals surface area (Å²) in [6.45, 7) is 2.48. The molecule has 1 aromatic carbocycles. The van der Waals surface area contributed by atoms with Crippen molar-refractivity contribution in [1.29, 1.82) is 0 Å². The molecular weight excluding hydrogens is 344 g/mol. The Kier molecular flexibility index (Phi) is 6.69. The van der Waals surface area contributed by atoms with E-state index in [1.165, 1.54) is 10.4 Å². The van der Waals surface area contributed by atoms with Gasteiger partial charge >= 0.3 is 0 Å². The van der Waals surface area contributed by atoms with E-state index in [9.17, 15) is 4.79 Å². The fourth-order valence-corrected chi connectivity index (χ4v) is 4.25. The third-order valence-corrected chi connectivity index (χ3v) is 6.06. The number of ether oxygens (including phenoxy) is 1. The van der Waals surface area contributed by atoms with Crippen LogP contribution >= 0.6 is 11.3 Å². The van der Waals surface area contributed by atoms with Crippen LogP contribution in [0.3, 0.4) is 0 Å². The average Bonchev–Trinajstić information content (AvgIpc) is 3.19. The zero-order chi connectivity index (χ0) is 18.4. The molecule has 1 atom stereocenters. The molecule has 4 nitrogen and oxygen atoms in total. The number of aryl methyl sites for hydroxylation is 1. The Morgan fingerprint density at radius 1 is 1.23 bits per heavy atom. The van der Waals surface area contributed by atoms with E-state index in [4.69, 9.17) is 4.74 Å². The van der Waals surface area contributed by atoms with Gasteiger partial charge in [-0.1, -0.05) is 18.2 Å². The number of thiophene rings is 1. The SMILES string of the molecule is COc1cccc(C2CN(C(=O)CCCCc3cccs3)CCN2C)c1. The number of hydrogen-bond acceptors (Lipinski definition) is 4. The van der Waals surface area contributed by atoms with Crippen molar-refractivity contribution in [3.8, 4) is 5.75 Å². The standard InChI is InChI=1S/C21H28N2O2S/c1-22-12-13-23(16-20(22)17-7-5-8-18(15-17)25-2)21(24)11-4-3-9-19-10-6-14-26-19/h5-8,10,14-15,20H,3-4,9,11-13,16H2,1-2H3. The molecule has 2 heterocycles. The molecule has 0 spiro atoms. The van der Waals surface area contributed by atoms with Crippen molar-refractivity contribution >= 4 is 17.2 Å². The zero-order valence-corrected chi connectivity index (χ0v) is 16.5. The van der Waals surface area contributed by atoms with Crippen LogP contribution in [0.15, 0.2) is 41.8 Å². The molecule has 140 valence electrons. The predicted molar refractivity (Wildman–Crippen MR) is 107 cm³/mol. The lowest BCUT2D eigenvalue weighted by Gasteiger charge is -2.40. The monoisotopic (exact) mass is 372 g/mol. The number of hydrogen-bond donors (Lipinski definition) is 0. The normalized spacial score (nSPS) is 18.1. The molecule has 1 fully saturated rings. The second-order valence-corrected chi connectivity index (χ2v) is 7.93. The second-order valence-electron chi connectivity index (χ2n) is 6.90. The highest BCUT2D eigenvalue weighted by Crippen LogP contribution is 2.27. The van der Waals surface area contributed by atoms with Gasteiger partial charge in [-0.05, 0) is 55.5 Å². The van der Waals surface area contributed by atoms with Gasteiger partial charge in [-0.3, -0.25) is 9.69 Å². The highest BCUT2D eigenvalue weighted by Gasteiger charge is 2.28. The van der Waals surface area contributed by atoms with Crippen LogP contribution in [0.25, 0.3) is 0 Å². The summed E-state index contributed by atoms with van der Waals surface area (Å²) >= 11 is 1.80. The van der Waals surface area contributed by atoms with Crippen LogP contribution in [0, 0.1) is 0 Å². The summed E-state index contributed by atoms with van der Waals surface area (Å²) in [4.78, 5) is 18.4. The Labute approximate surface area is 160 Å². The summed E-state index contributed by atoms with van der Waals surface area (Å²) in [6.07, 6.45) is 3.78. The van der Waals surface area contributed by atoms with E-state index < -0.39 is 0 Å². The third kappa shape index (κ3) is 4.86. The van der Waals surface area contributed by atoms with Crippen LogP contribution in [0.2, 0.25) is 0 Å². The van der Waals surface area contributed by atoms with Crippen LogP contribution in [0.4, 0.5) is 0 Å². The predicted octanol–water partition coefficient (Wildman–Crippen LogP) is 3.98. The first-order valence-electron chi connectivity index (χ1n) is 9.31. The number of methoxy groups -OCH3 is 1. The van der Waals surface area contributed by atoms with Gasteiger partial charge in [-0.2, -0.15) is 0 Å². The number of carbonyl (C=O) groups is 1. The van der Waals surface area contributed by atoms with E-state index in [2.05, 4.69) is 41.6 Å². The van der Waals surface area contributed by atoms with Crippen LogP contribution in [-0.2, 0) is 11.2 Å². The first-order valence-corrected chi connectivity index (χ1v) is 10.2. The molecule has 5 heteroatoms. The maximum absolute atomic E-state index is 12.7. The van der Waals surface area contributed by atoms with Gasteiger partial charge in [0.05, 0.1) is 13.2 Å². The summed E-state index contributed by atoms with van der Waals surface area (Å²) in [7, 11) is 3.82. The van der Waals surface area contributed by atoms with Crippen LogP contribution in [0.1, 0.15) is 35.7 Å². The number of benzene rings is 1. The van der Waals surface area contributed by atoms with Crippen LogP contribution < -0.4 is 4.74 Å². The molecule has 1 amide bonds. The van der Waals surface area contributed by atoms with E-state index >= 15 is 0 Å². The topological polar surface area (TPSA) is 32.8 Å². The smallest absolute Gasteiger partial charge is 0.222 e. The first-order chi connectivity index (χ1) is 12.7. The van der Waals surface area contributed by atoms with Gasteiger partial charge in [-0.25, -0.2) is 0 Å². The number of piperazine rings is 1. The summed E-state index contributed by atoms with van der Waals surface area (Å²) in [5.74, 6) is 1.16. The Balaban J connectivity index is 1.52. The minimum Gasteiger partial charge on any atom is -0.497 e. The van der Waals surface area contributed by atoms with Crippen molar-refractivity contribution in [1.82, 2.24) is 9.80 Å². The minimum absolute atomic E-state index is 0.230. The lowest BCUT2D eigenvalue weighted by Crippen LogP contribution is -2.48. The molecule has 0 radical (unpaired) electrons. The van der Waals surface area contributed by atoms with Crippen molar-refractivity contribution in [2.24, 2.45) is 0 Å². The maximum atomic E-state index is 12.7. The molecule has 26 heavy (non-hydrogen) atoms. The summed E-state index contributed by atoms with van der Waals surface area (Å²) in [5, 5.41) is 2.11. The number of nitrogens with zero attached hydrogens (tertiary/aromatic N) is 2. The van der Waals surface area contributed by atoms with Gasteiger partial charge in [0, 0.05) is 30.9 Å². The number of rotatable bonds is 7. The van der Waals surface area contributed by atoms with Crippen molar-refractivity contribution in [2.45, 2.75) is 31.7 Å². The van der Waals surface area contributed by atoms with Gasteiger partial charge < -0.3 is 9.64 Å². The summed E-state index contributed by atoms with van der Waals surface area (Å²) < 4.78 is 5.35. The summed E-state index contributed by atoms with van der Waals surface area (Å²) in [6, 6.07) is 12.7. The van der Waals surface area contributed by atoms with E-state index in [0.717, 1.165) is 44.6 Å². The van der Waals surface area contributed by atoms with E-state index in [1.807, 2.05) is 17.0 Å². The van der Waals surface area contributed by atoms with E-state index in [1.54, 1.807) is 18.4 Å². The van der Waals surface area contributed by atoms with E-state index in [0.29, 0.717) is 6.42 Å². The van der Waals surface area contributed by atoms with Gasteiger partial charge in [0.15, 0.2) is 0 Å². The van der Waals surface area contributed by atoms with Gasteiger partial charge in [-0.15, -0.1) is 11.3 Å². The quantitative estimate of drug-likeness (QED) is 0.689. The lowest BCUT2D eigenvalue weighted by atomic mass is 10.0. The van der Waals surface area contributed by atoms with Crippen LogP contribution in [0.5, 0.6) is 5.75 Å². The number of unbranched alkanes of at least 4 members (excludes halogenated alkanes) is 1. The number of carbonyl (C=O) groups excluding carboxylic acids is 1. The highest BCUT2D eigenvalue weighted by molar-refractivity contribution is 7.09. The molecule has 1 aromatic heterocycles. The summed E-state index contributed by atoms with van der Waals surface area (Å²) in [5.41, 5.74) is 1.21. The van der Waals surface area contributed by atoms with Crippen molar-refractivity contribution < 1.29 is 9.53 Å². The molecular formula is C21H28N2O2S. The van der Waals surface area contributed by atoms with Crippen LogP contribution in [-0.4, -0.2) is 49.5 Å². The Morgan fingerprint density at radius 2 is 2.12 bits per heavy atom. The van der Waals surface area contributed by atoms with Gasteiger partial charge in [0.25, 0.3) is 0 Å². The molecule has 2 aromatic rings. The molecule has 0 N–H and O–H groups in total. The second kappa shape index (κ2) is 9.19.